The monoisotopic (exact) mass is 433 g/mol. The van der Waals surface area contributed by atoms with Crippen LogP contribution in [0.1, 0.15) is 43.9 Å². The Labute approximate surface area is 191 Å². The normalized spacial score (nSPS) is 31.4. The topological polar surface area (TPSA) is 53.5 Å². The van der Waals surface area contributed by atoms with E-state index in [0.29, 0.717) is 11.5 Å². The standard InChI is InChI=1S/C26H35N5O/c1-3-18-17-27-25(28-19-6-8-20(9-7-19)31-12-10-30(2)11-13-31)29-24(18)26-16-23(26)22(26)15-21-5-4-14-32-21/h6-9,17,21-23H,3-5,10-16H2,1-2H3,(H,27,28,29). The van der Waals surface area contributed by atoms with Crippen LogP contribution in [-0.2, 0) is 16.6 Å². The molecule has 6 rings (SSSR count). The fraction of sp³-hybridized carbons (Fsp3) is 0.615. The van der Waals surface area contributed by atoms with Gasteiger partial charge in [-0.05, 0) is 80.8 Å². The molecule has 1 N–H and O–H groups in total. The number of rotatable bonds is 7. The van der Waals surface area contributed by atoms with Crippen LogP contribution in [-0.4, -0.2) is 60.8 Å². The third-order valence-corrected chi connectivity index (χ3v) is 8.32. The molecule has 32 heavy (non-hydrogen) atoms. The minimum Gasteiger partial charge on any atom is -0.378 e. The summed E-state index contributed by atoms with van der Waals surface area (Å²) in [6.07, 6.45) is 8.51. The van der Waals surface area contributed by atoms with Crippen LogP contribution in [0, 0.1) is 11.8 Å². The number of likely N-dealkylation sites (N-methyl/N-ethyl adjacent to an activating group) is 1. The maximum absolute atomic E-state index is 5.92. The summed E-state index contributed by atoms with van der Waals surface area (Å²) in [7, 11) is 2.19. The van der Waals surface area contributed by atoms with Crippen molar-refractivity contribution in [3.8, 4) is 0 Å². The molecular formula is C26H35N5O. The first-order chi connectivity index (χ1) is 15.7. The van der Waals surface area contributed by atoms with Crippen molar-refractivity contribution in [2.45, 2.75) is 50.5 Å². The summed E-state index contributed by atoms with van der Waals surface area (Å²) in [5.41, 5.74) is 5.29. The third kappa shape index (κ3) is 3.57. The van der Waals surface area contributed by atoms with Crippen molar-refractivity contribution in [1.29, 1.82) is 0 Å². The summed E-state index contributed by atoms with van der Waals surface area (Å²) in [6, 6.07) is 8.73. The second kappa shape index (κ2) is 7.99. The Bertz CT molecular complexity index is 965. The van der Waals surface area contributed by atoms with Crippen molar-refractivity contribution in [2.75, 3.05) is 50.1 Å². The number of benzene rings is 1. The number of nitrogens with one attached hydrogen (secondary N) is 1. The van der Waals surface area contributed by atoms with Gasteiger partial charge in [0.15, 0.2) is 0 Å². The van der Waals surface area contributed by atoms with Crippen LogP contribution in [0.2, 0.25) is 0 Å². The minimum atomic E-state index is 0.321. The van der Waals surface area contributed by atoms with Crippen molar-refractivity contribution in [2.24, 2.45) is 11.8 Å². The average Bonchev–Trinajstić information content (AvgIpc) is 3.62. The van der Waals surface area contributed by atoms with Crippen molar-refractivity contribution >= 4 is 17.3 Å². The van der Waals surface area contributed by atoms with Gasteiger partial charge in [0, 0.05) is 55.8 Å². The zero-order valence-corrected chi connectivity index (χ0v) is 19.4. The molecule has 1 aromatic carbocycles. The highest BCUT2D eigenvalue weighted by molar-refractivity contribution is 5.60. The molecule has 4 aliphatic rings. The molecule has 0 amide bonds. The van der Waals surface area contributed by atoms with E-state index in [2.05, 4.69) is 64.5 Å². The number of hydrogen-bond acceptors (Lipinski definition) is 6. The van der Waals surface area contributed by atoms with E-state index in [0.717, 1.165) is 62.7 Å². The van der Waals surface area contributed by atoms with Gasteiger partial charge in [-0.2, -0.15) is 0 Å². The maximum atomic E-state index is 5.92. The molecule has 0 bridgehead atoms. The number of fused-ring (bicyclic) bond motifs is 1. The van der Waals surface area contributed by atoms with Crippen molar-refractivity contribution < 1.29 is 4.74 Å². The number of hydrogen-bond donors (Lipinski definition) is 1. The van der Waals surface area contributed by atoms with Crippen molar-refractivity contribution in [1.82, 2.24) is 14.9 Å². The molecule has 3 heterocycles. The Morgan fingerprint density at radius 2 is 1.97 bits per heavy atom. The summed E-state index contributed by atoms with van der Waals surface area (Å²) in [5, 5.41) is 3.47. The summed E-state index contributed by atoms with van der Waals surface area (Å²) in [5.74, 6) is 2.32. The molecule has 2 saturated carbocycles. The van der Waals surface area contributed by atoms with Crippen LogP contribution in [0.5, 0.6) is 0 Å². The zero-order valence-electron chi connectivity index (χ0n) is 19.4. The van der Waals surface area contributed by atoms with Gasteiger partial charge < -0.3 is 19.9 Å². The molecule has 2 saturated heterocycles. The Morgan fingerprint density at radius 3 is 2.66 bits per heavy atom. The van der Waals surface area contributed by atoms with Crippen LogP contribution >= 0.6 is 0 Å². The molecule has 0 radical (unpaired) electrons. The average molecular weight is 434 g/mol. The summed E-state index contributed by atoms with van der Waals surface area (Å²) in [4.78, 5) is 14.6. The number of aromatic nitrogens is 2. The first-order valence-electron chi connectivity index (χ1n) is 12.5. The molecule has 4 atom stereocenters. The Morgan fingerprint density at radius 1 is 1.16 bits per heavy atom. The van der Waals surface area contributed by atoms with Gasteiger partial charge in [-0.3, -0.25) is 0 Å². The number of ether oxygens (including phenoxy) is 1. The van der Waals surface area contributed by atoms with E-state index in [-0.39, 0.29) is 0 Å². The molecule has 4 unspecified atom stereocenters. The highest BCUT2D eigenvalue weighted by Gasteiger charge is 2.80. The first kappa shape index (κ1) is 20.4. The number of anilines is 3. The zero-order chi connectivity index (χ0) is 21.7. The summed E-state index contributed by atoms with van der Waals surface area (Å²) >= 11 is 0. The lowest BCUT2D eigenvalue weighted by atomic mass is 9.93. The molecule has 4 fully saturated rings. The van der Waals surface area contributed by atoms with E-state index < -0.39 is 0 Å². The molecule has 2 aliphatic heterocycles. The Kier molecular flexibility index (Phi) is 5.10. The van der Waals surface area contributed by atoms with E-state index in [1.807, 2.05) is 0 Å². The van der Waals surface area contributed by atoms with Crippen LogP contribution in [0.3, 0.4) is 0 Å². The number of aryl methyl sites for hydroxylation is 1. The second-order valence-electron chi connectivity index (χ2n) is 10.2. The van der Waals surface area contributed by atoms with Gasteiger partial charge in [-0.1, -0.05) is 6.92 Å². The van der Waals surface area contributed by atoms with Crippen LogP contribution in [0.25, 0.3) is 0 Å². The van der Waals surface area contributed by atoms with Crippen LogP contribution in [0.4, 0.5) is 17.3 Å². The second-order valence-corrected chi connectivity index (χ2v) is 10.2. The predicted molar refractivity (Wildman–Crippen MR) is 128 cm³/mol. The lowest BCUT2D eigenvalue weighted by Crippen LogP contribution is -2.44. The van der Waals surface area contributed by atoms with E-state index in [1.54, 1.807) is 0 Å². The van der Waals surface area contributed by atoms with E-state index in [1.165, 1.54) is 42.6 Å². The van der Waals surface area contributed by atoms with Gasteiger partial charge in [0.1, 0.15) is 0 Å². The van der Waals surface area contributed by atoms with Crippen molar-refractivity contribution in [3.05, 3.63) is 41.7 Å². The van der Waals surface area contributed by atoms with Gasteiger partial charge in [0.2, 0.25) is 5.95 Å². The molecule has 0 spiro atoms. The lowest BCUT2D eigenvalue weighted by Gasteiger charge is -2.34. The van der Waals surface area contributed by atoms with Crippen LogP contribution in [0.15, 0.2) is 30.5 Å². The summed E-state index contributed by atoms with van der Waals surface area (Å²) in [6.45, 7) is 7.59. The third-order valence-electron chi connectivity index (χ3n) is 8.32. The fourth-order valence-electron chi connectivity index (χ4n) is 6.06. The Balaban J connectivity index is 1.15. The highest BCUT2D eigenvalue weighted by Crippen LogP contribution is 2.81. The maximum Gasteiger partial charge on any atom is 0.227 e. The van der Waals surface area contributed by atoms with E-state index >= 15 is 0 Å². The van der Waals surface area contributed by atoms with Gasteiger partial charge >= 0.3 is 0 Å². The van der Waals surface area contributed by atoms with Gasteiger partial charge in [0.25, 0.3) is 0 Å². The quantitative estimate of drug-likeness (QED) is 0.713. The predicted octanol–water partition coefficient (Wildman–Crippen LogP) is 3.99. The smallest absolute Gasteiger partial charge is 0.227 e. The van der Waals surface area contributed by atoms with E-state index in [9.17, 15) is 0 Å². The molecule has 170 valence electrons. The minimum absolute atomic E-state index is 0.321. The largest absolute Gasteiger partial charge is 0.378 e. The Hall–Kier alpha value is -2.18. The van der Waals surface area contributed by atoms with Crippen molar-refractivity contribution in [3.63, 3.8) is 0 Å². The SMILES string of the molecule is CCc1cnc(Nc2ccc(N3CCN(C)CC3)cc2)nc1C12CC1C2CC1CCCO1. The van der Waals surface area contributed by atoms with Gasteiger partial charge in [-0.15, -0.1) is 0 Å². The lowest BCUT2D eigenvalue weighted by molar-refractivity contribution is 0.0937. The van der Waals surface area contributed by atoms with Gasteiger partial charge in [0.05, 0.1) is 11.8 Å². The molecule has 2 aliphatic carbocycles. The fourth-order valence-corrected chi connectivity index (χ4v) is 6.06. The molecular weight excluding hydrogens is 398 g/mol. The number of nitrogens with zero attached hydrogens (tertiary/aromatic N) is 4. The van der Waals surface area contributed by atoms with Gasteiger partial charge in [-0.25, -0.2) is 9.97 Å². The molecule has 2 aromatic rings. The van der Waals surface area contributed by atoms with Crippen LogP contribution < -0.4 is 10.2 Å². The molecule has 6 heteroatoms. The summed E-state index contributed by atoms with van der Waals surface area (Å²) < 4.78 is 5.92. The molecule has 1 aromatic heterocycles. The van der Waals surface area contributed by atoms with E-state index in [4.69, 9.17) is 9.72 Å². The first-order valence-corrected chi connectivity index (χ1v) is 12.5. The number of piperazine rings is 1. The molecule has 6 nitrogen and oxygen atoms in total. The highest BCUT2D eigenvalue weighted by atomic mass is 16.5.